The quantitative estimate of drug-likeness (QED) is 0.814. The number of rotatable bonds is 4. The summed E-state index contributed by atoms with van der Waals surface area (Å²) >= 11 is 0. The summed E-state index contributed by atoms with van der Waals surface area (Å²) in [6.07, 6.45) is 0. The van der Waals surface area contributed by atoms with Gasteiger partial charge < -0.3 is 9.30 Å². The number of para-hydroxylation sites is 1. The van der Waals surface area contributed by atoms with Crippen molar-refractivity contribution in [1.82, 2.24) is 9.47 Å². The Morgan fingerprint density at radius 2 is 1.91 bits per heavy atom. The lowest BCUT2D eigenvalue weighted by Gasteiger charge is -2.25. The third kappa shape index (κ3) is 3.21. The monoisotopic (exact) mass is 316 g/mol. The topological polar surface area (TPSA) is 34.5 Å². The first-order valence-electron chi connectivity index (χ1n) is 7.85. The molecule has 122 valence electrons. The van der Waals surface area contributed by atoms with E-state index >= 15 is 0 Å². The first-order valence-corrected chi connectivity index (χ1v) is 7.85. The first-order chi connectivity index (χ1) is 11.1. The average Bonchev–Trinajstić information content (AvgIpc) is 2.84. The number of carbonyl (C=O) groups is 1. The van der Waals surface area contributed by atoms with Crippen molar-refractivity contribution in [2.45, 2.75) is 13.8 Å². The van der Waals surface area contributed by atoms with Gasteiger partial charge in [-0.15, -0.1) is 0 Å². The first kappa shape index (κ1) is 15.9. The van der Waals surface area contributed by atoms with Crippen LogP contribution in [-0.2, 0) is 4.74 Å². The molecule has 0 unspecified atom stereocenters. The summed E-state index contributed by atoms with van der Waals surface area (Å²) < 4.78 is 21.2. The molecule has 23 heavy (non-hydrogen) atoms. The second kappa shape index (κ2) is 6.64. The molecule has 0 aliphatic carbocycles. The Bertz CT molecular complexity index is 718. The highest BCUT2D eigenvalue weighted by Crippen LogP contribution is 2.23. The van der Waals surface area contributed by atoms with Gasteiger partial charge in [-0.3, -0.25) is 9.69 Å². The fourth-order valence-electron chi connectivity index (χ4n) is 3.10. The van der Waals surface area contributed by atoms with Gasteiger partial charge in [0.25, 0.3) is 0 Å². The van der Waals surface area contributed by atoms with Gasteiger partial charge in [0.05, 0.1) is 25.4 Å². The van der Waals surface area contributed by atoms with E-state index in [2.05, 4.69) is 4.90 Å². The third-order valence-corrected chi connectivity index (χ3v) is 4.30. The largest absolute Gasteiger partial charge is 0.379 e. The van der Waals surface area contributed by atoms with Crippen LogP contribution in [0.1, 0.15) is 21.7 Å². The molecule has 2 heterocycles. The highest BCUT2D eigenvalue weighted by atomic mass is 19.1. The normalized spacial score (nSPS) is 15.8. The Morgan fingerprint density at radius 3 is 2.61 bits per heavy atom. The van der Waals surface area contributed by atoms with Crippen LogP contribution in [0.25, 0.3) is 5.69 Å². The van der Waals surface area contributed by atoms with Gasteiger partial charge in [-0.2, -0.15) is 0 Å². The maximum absolute atomic E-state index is 14.1. The second-order valence-electron chi connectivity index (χ2n) is 5.88. The van der Waals surface area contributed by atoms with Gasteiger partial charge in [-0.1, -0.05) is 12.1 Å². The Labute approximate surface area is 135 Å². The lowest BCUT2D eigenvalue weighted by Crippen LogP contribution is -2.39. The molecule has 4 nitrogen and oxygen atoms in total. The van der Waals surface area contributed by atoms with Crippen molar-refractivity contribution in [1.29, 1.82) is 0 Å². The fourth-order valence-corrected chi connectivity index (χ4v) is 3.10. The van der Waals surface area contributed by atoms with Crippen molar-refractivity contribution in [3.63, 3.8) is 0 Å². The van der Waals surface area contributed by atoms with Crippen LogP contribution in [0.5, 0.6) is 0 Å². The summed E-state index contributed by atoms with van der Waals surface area (Å²) in [5.74, 6) is -0.218. The summed E-state index contributed by atoms with van der Waals surface area (Å²) in [7, 11) is 0. The summed E-state index contributed by atoms with van der Waals surface area (Å²) in [6, 6.07) is 8.48. The molecule has 0 amide bonds. The smallest absolute Gasteiger partial charge is 0.178 e. The highest BCUT2D eigenvalue weighted by molar-refractivity contribution is 5.99. The molecule has 1 aliphatic heterocycles. The number of morpholine rings is 1. The van der Waals surface area contributed by atoms with Crippen LogP contribution in [0.3, 0.4) is 0 Å². The number of carbonyl (C=O) groups excluding carboxylic acids is 1. The Hall–Kier alpha value is -1.98. The molecule has 0 atom stereocenters. The zero-order valence-electron chi connectivity index (χ0n) is 13.5. The molecule has 1 aromatic heterocycles. The number of hydrogen-bond acceptors (Lipinski definition) is 3. The summed E-state index contributed by atoms with van der Waals surface area (Å²) in [5, 5.41) is 0. The summed E-state index contributed by atoms with van der Waals surface area (Å²) in [5.41, 5.74) is 2.79. The Balaban J connectivity index is 1.88. The Morgan fingerprint density at radius 1 is 1.22 bits per heavy atom. The van der Waals surface area contributed by atoms with E-state index in [1.807, 2.05) is 24.5 Å². The van der Waals surface area contributed by atoms with E-state index in [0.29, 0.717) is 31.0 Å². The molecule has 0 N–H and O–H groups in total. The van der Waals surface area contributed by atoms with E-state index in [9.17, 15) is 9.18 Å². The van der Waals surface area contributed by atoms with Crippen LogP contribution in [-0.4, -0.2) is 48.1 Å². The standard InChI is InChI=1S/C18H21FN2O2/c1-13-11-15(18(22)12-20-7-9-23-10-8-20)14(2)21(13)17-6-4-3-5-16(17)19/h3-6,11H,7-10,12H2,1-2H3. The number of aromatic nitrogens is 1. The van der Waals surface area contributed by atoms with Crippen LogP contribution < -0.4 is 0 Å². The number of halogens is 1. The third-order valence-electron chi connectivity index (χ3n) is 4.30. The zero-order valence-corrected chi connectivity index (χ0v) is 13.5. The predicted octanol–water partition coefficient (Wildman–Crippen LogP) is 2.75. The average molecular weight is 316 g/mol. The molecule has 0 saturated carbocycles. The van der Waals surface area contributed by atoms with Gasteiger partial charge in [0.2, 0.25) is 0 Å². The second-order valence-corrected chi connectivity index (χ2v) is 5.88. The van der Waals surface area contributed by atoms with Gasteiger partial charge >= 0.3 is 0 Å². The number of ketones is 1. The molecule has 0 bridgehead atoms. The fraction of sp³-hybridized carbons (Fsp3) is 0.389. The maximum Gasteiger partial charge on any atom is 0.178 e. The number of nitrogens with zero attached hydrogens (tertiary/aromatic N) is 2. The number of aryl methyl sites for hydroxylation is 1. The molecule has 0 radical (unpaired) electrons. The van der Waals surface area contributed by atoms with Gasteiger partial charge in [-0.25, -0.2) is 4.39 Å². The number of Topliss-reactive ketones (excluding diaryl/α,β-unsaturated/α-hetero) is 1. The van der Waals surface area contributed by atoms with Gasteiger partial charge in [-0.05, 0) is 32.0 Å². The van der Waals surface area contributed by atoms with E-state index in [1.54, 1.807) is 18.2 Å². The lowest BCUT2D eigenvalue weighted by molar-refractivity contribution is 0.0371. The molecule has 1 aliphatic rings. The SMILES string of the molecule is Cc1cc(C(=O)CN2CCOCC2)c(C)n1-c1ccccc1F. The van der Waals surface area contributed by atoms with Crippen molar-refractivity contribution in [3.8, 4) is 5.69 Å². The number of ether oxygens (including phenoxy) is 1. The van der Waals surface area contributed by atoms with Crippen molar-refractivity contribution in [3.05, 3.63) is 53.1 Å². The number of hydrogen-bond donors (Lipinski definition) is 0. The van der Waals surface area contributed by atoms with E-state index in [-0.39, 0.29) is 11.6 Å². The minimum Gasteiger partial charge on any atom is -0.379 e. The summed E-state index contributed by atoms with van der Waals surface area (Å²) in [4.78, 5) is 14.7. The molecule has 1 fully saturated rings. The highest BCUT2D eigenvalue weighted by Gasteiger charge is 2.21. The van der Waals surface area contributed by atoms with Crippen molar-refractivity contribution in [2.24, 2.45) is 0 Å². The van der Waals surface area contributed by atoms with Crippen molar-refractivity contribution >= 4 is 5.78 Å². The van der Waals surface area contributed by atoms with Crippen molar-refractivity contribution in [2.75, 3.05) is 32.8 Å². The summed E-state index contributed by atoms with van der Waals surface area (Å²) in [6.45, 7) is 7.03. The number of benzene rings is 1. The van der Waals surface area contributed by atoms with Crippen LogP contribution in [0, 0.1) is 19.7 Å². The van der Waals surface area contributed by atoms with E-state index in [0.717, 1.165) is 24.5 Å². The van der Waals surface area contributed by atoms with E-state index < -0.39 is 0 Å². The molecular formula is C18H21FN2O2. The van der Waals surface area contributed by atoms with Crippen LogP contribution in [0.15, 0.2) is 30.3 Å². The van der Waals surface area contributed by atoms with Gasteiger partial charge in [0.15, 0.2) is 5.78 Å². The van der Waals surface area contributed by atoms with E-state index in [4.69, 9.17) is 4.74 Å². The lowest BCUT2D eigenvalue weighted by atomic mass is 10.1. The van der Waals surface area contributed by atoms with Crippen LogP contribution in [0.2, 0.25) is 0 Å². The zero-order chi connectivity index (χ0) is 16.4. The maximum atomic E-state index is 14.1. The minimum atomic E-state index is -0.290. The van der Waals surface area contributed by atoms with Gasteiger partial charge in [0, 0.05) is 30.0 Å². The van der Waals surface area contributed by atoms with Gasteiger partial charge in [0.1, 0.15) is 5.82 Å². The molecule has 3 rings (SSSR count). The van der Waals surface area contributed by atoms with Crippen LogP contribution in [0.4, 0.5) is 4.39 Å². The predicted molar refractivity (Wildman–Crippen MR) is 86.8 cm³/mol. The molecule has 2 aromatic rings. The molecule has 1 saturated heterocycles. The Kier molecular flexibility index (Phi) is 4.59. The molecule has 5 heteroatoms. The minimum absolute atomic E-state index is 0.0718. The molecular weight excluding hydrogens is 295 g/mol. The molecule has 1 aromatic carbocycles. The van der Waals surface area contributed by atoms with E-state index in [1.165, 1.54) is 6.07 Å². The van der Waals surface area contributed by atoms with Crippen LogP contribution >= 0.6 is 0 Å². The molecule has 0 spiro atoms. The van der Waals surface area contributed by atoms with Crippen molar-refractivity contribution < 1.29 is 13.9 Å².